The second kappa shape index (κ2) is 8.14. The number of alkyl carbamates (subject to hydrolysis) is 1. The highest BCUT2D eigenvalue weighted by Crippen LogP contribution is 2.17. The molecule has 2 aromatic carbocycles. The number of carbonyl (C=O) groups is 1. The van der Waals surface area contributed by atoms with E-state index >= 15 is 0 Å². The van der Waals surface area contributed by atoms with E-state index in [4.69, 9.17) is 16.3 Å². The van der Waals surface area contributed by atoms with Crippen molar-refractivity contribution in [2.24, 2.45) is 0 Å². The van der Waals surface area contributed by atoms with E-state index < -0.39 is 23.6 Å². The van der Waals surface area contributed by atoms with Crippen LogP contribution in [0.3, 0.4) is 0 Å². The Morgan fingerprint density at radius 1 is 1.17 bits per heavy atom. The van der Waals surface area contributed by atoms with Crippen LogP contribution < -0.4 is 5.32 Å². The predicted octanol–water partition coefficient (Wildman–Crippen LogP) is 3.58. The van der Waals surface area contributed by atoms with Crippen molar-refractivity contribution in [3.05, 3.63) is 80.9 Å². The van der Waals surface area contributed by atoms with Crippen molar-refractivity contribution in [3.63, 3.8) is 0 Å². The number of benzene rings is 2. The summed E-state index contributed by atoms with van der Waals surface area (Å²) in [6, 6.07) is 14.9. The molecule has 0 aromatic heterocycles. The van der Waals surface area contributed by atoms with Gasteiger partial charge in [0, 0.05) is 9.95 Å². The summed E-state index contributed by atoms with van der Waals surface area (Å²) in [6.45, 7) is -0.347. The lowest BCUT2D eigenvalue weighted by atomic mass is 10.1. The van der Waals surface area contributed by atoms with Gasteiger partial charge in [0.1, 0.15) is 12.6 Å². The molecule has 0 aliphatic carbocycles. The van der Waals surface area contributed by atoms with Crippen molar-refractivity contribution in [2.75, 3.05) is 6.54 Å². The fraction of sp³-hybridized carbons (Fsp3) is 0.188. The Balaban J connectivity index is 1.98. The van der Waals surface area contributed by atoms with E-state index in [1.807, 2.05) is 30.3 Å². The normalized spacial score (nSPS) is 11.5. The van der Waals surface area contributed by atoms with Gasteiger partial charge in [-0.25, -0.2) is 4.79 Å². The Morgan fingerprint density at radius 3 is 2.43 bits per heavy atom. The molecule has 0 aliphatic heterocycles. The number of nitrogens with one attached hydrogen (secondary N) is 1. The quantitative estimate of drug-likeness (QED) is 0.646. The maximum atomic E-state index is 11.9. The lowest BCUT2D eigenvalue weighted by Gasteiger charge is -2.15. The van der Waals surface area contributed by atoms with Crippen molar-refractivity contribution < 1.29 is 14.5 Å². The molecule has 120 valence electrons. The van der Waals surface area contributed by atoms with Gasteiger partial charge >= 0.3 is 6.09 Å². The zero-order valence-corrected chi connectivity index (χ0v) is 12.9. The van der Waals surface area contributed by atoms with Crippen LogP contribution in [-0.4, -0.2) is 17.6 Å². The van der Waals surface area contributed by atoms with Gasteiger partial charge in [-0.1, -0.05) is 54.1 Å². The molecule has 0 saturated heterocycles. The second-order valence-electron chi connectivity index (χ2n) is 4.83. The van der Waals surface area contributed by atoms with Gasteiger partial charge in [-0.2, -0.15) is 0 Å². The second-order valence-corrected chi connectivity index (χ2v) is 5.26. The summed E-state index contributed by atoms with van der Waals surface area (Å²) in [6.07, 6.45) is -0.712. The molecule has 7 heteroatoms. The molecular weight excluding hydrogens is 320 g/mol. The number of carbonyl (C=O) groups excluding carboxylic acids is 1. The zero-order chi connectivity index (χ0) is 16.7. The molecular formula is C16H15ClN2O4. The van der Waals surface area contributed by atoms with Crippen LogP contribution >= 0.6 is 11.6 Å². The maximum absolute atomic E-state index is 11.9. The molecule has 1 atom stereocenters. The summed E-state index contributed by atoms with van der Waals surface area (Å²) >= 11 is 5.80. The maximum Gasteiger partial charge on any atom is 0.408 e. The highest BCUT2D eigenvalue weighted by atomic mass is 35.5. The first-order valence-electron chi connectivity index (χ1n) is 6.89. The molecule has 23 heavy (non-hydrogen) atoms. The van der Waals surface area contributed by atoms with E-state index in [2.05, 4.69) is 5.32 Å². The van der Waals surface area contributed by atoms with E-state index in [0.29, 0.717) is 10.6 Å². The largest absolute Gasteiger partial charge is 0.445 e. The van der Waals surface area contributed by atoms with Crippen LogP contribution in [-0.2, 0) is 11.3 Å². The van der Waals surface area contributed by atoms with Crippen LogP contribution in [0.5, 0.6) is 0 Å². The highest BCUT2D eigenvalue weighted by Gasteiger charge is 2.20. The summed E-state index contributed by atoms with van der Waals surface area (Å²) in [7, 11) is 0. The first kappa shape index (κ1) is 16.8. The van der Waals surface area contributed by atoms with Gasteiger partial charge in [0.05, 0.1) is 0 Å². The summed E-state index contributed by atoms with van der Waals surface area (Å²) in [5, 5.41) is 13.8. The first-order chi connectivity index (χ1) is 11.0. The van der Waals surface area contributed by atoms with Crippen LogP contribution in [0.1, 0.15) is 17.2 Å². The van der Waals surface area contributed by atoms with E-state index in [9.17, 15) is 14.9 Å². The van der Waals surface area contributed by atoms with Gasteiger partial charge in [-0.05, 0) is 23.3 Å². The molecule has 2 aromatic rings. The fourth-order valence-electron chi connectivity index (χ4n) is 1.99. The first-order valence-corrected chi connectivity index (χ1v) is 7.27. The number of amides is 1. The monoisotopic (exact) mass is 334 g/mol. The number of nitro groups is 1. The number of halogens is 1. The Kier molecular flexibility index (Phi) is 5.94. The summed E-state index contributed by atoms with van der Waals surface area (Å²) < 4.78 is 5.09. The molecule has 0 radical (unpaired) electrons. The summed E-state index contributed by atoms with van der Waals surface area (Å²) in [4.78, 5) is 22.2. The molecule has 0 saturated carbocycles. The van der Waals surface area contributed by atoms with Crippen LogP contribution in [0.2, 0.25) is 5.02 Å². The number of ether oxygens (including phenoxy) is 1. The third-order valence-electron chi connectivity index (χ3n) is 3.11. The van der Waals surface area contributed by atoms with Gasteiger partial charge in [0.2, 0.25) is 6.54 Å². The Morgan fingerprint density at radius 2 is 1.83 bits per heavy atom. The molecule has 6 nitrogen and oxygen atoms in total. The van der Waals surface area contributed by atoms with Gasteiger partial charge in [0.25, 0.3) is 0 Å². The Hall–Kier alpha value is -2.60. The van der Waals surface area contributed by atoms with Gasteiger partial charge < -0.3 is 10.1 Å². The molecule has 0 fully saturated rings. The summed E-state index contributed by atoms with van der Waals surface area (Å²) in [5.41, 5.74) is 1.42. The molecule has 1 N–H and O–H groups in total. The Bertz CT molecular complexity index is 662. The van der Waals surface area contributed by atoms with E-state index in [0.717, 1.165) is 5.56 Å². The predicted molar refractivity (Wildman–Crippen MR) is 85.8 cm³/mol. The topological polar surface area (TPSA) is 81.5 Å². The molecule has 0 unspecified atom stereocenters. The van der Waals surface area contributed by atoms with Crippen molar-refractivity contribution in [2.45, 2.75) is 12.6 Å². The minimum Gasteiger partial charge on any atom is -0.445 e. The lowest BCUT2D eigenvalue weighted by Crippen LogP contribution is -2.33. The van der Waals surface area contributed by atoms with Crippen molar-refractivity contribution in [3.8, 4) is 0 Å². The third kappa shape index (κ3) is 5.60. The van der Waals surface area contributed by atoms with Crippen LogP contribution in [0.4, 0.5) is 4.79 Å². The molecule has 1 amide bonds. The van der Waals surface area contributed by atoms with Crippen LogP contribution in [0.25, 0.3) is 0 Å². The molecule has 0 heterocycles. The van der Waals surface area contributed by atoms with E-state index in [-0.39, 0.29) is 6.61 Å². The Labute approximate surface area is 138 Å². The van der Waals surface area contributed by atoms with E-state index in [1.54, 1.807) is 24.3 Å². The average Bonchev–Trinajstić information content (AvgIpc) is 2.53. The SMILES string of the molecule is O=C(N[C@@H](C[N+](=O)[O-])c1ccc(Cl)cc1)OCc1ccccc1. The van der Waals surface area contributed by atoms with Crippen LogP contribution in [0, 0.1) is 10.1 Å². The van der Waals surface area contributed by atoms with Gasteiger partial charge in [-0.15, -0.1) is 0 Å². The van der Waals surface area contributed by atoms with E-state index in [1.165, 1.54) is 0 Å². The number of rotatable bonds is 6. The van der Waals surface area contributed by atoms with Crippen molar-refractivity contribution in [1.82, 2.24) is 5.32 Å². The fourth-order valence-corrected chi connectivity index (χ4v) is 2.11. The average molecular weight is 335 g/mol. The van der Waals surface area contributed by atoms with Gasteiger partial charge in [0.15, 0.2) is 0 Å². The molecule has 0 spiro atoms. The minimum absolute atomic E-state index is 0.0957. The minimum atomic E-state index is -0.787. The lowest BCUT2D eigenvalue weighted by molar-refractivity contribution is -0.484. The molecule has 2 rings (SSSR count). The highest BCUT2D eigenvalue weighted by molar-refractivity contribution is 6.30. The zero-order valence-electron chi connectivity index (χ0n) is 12.1. The number of hydrogen-bond acceptors (Lipinski definition) is 4. The smallest absolute Gasteiger partial charge is 0.408 e. The van der Waals surface area contributed by atoms with Gasteiger partial charge in [-0.3, -0.25) is 10.1 Å². The number of nitrogens with zero attached hydrogens (tertiary/aromatic N) is 1. The van der Waals surface area contributed by atoms with Crippen LogP contribution in [0.15, 0.2) is 54.6 Å². The standard InChI is InChI=1S/C16H15ClN2O4/c17-14-8-6-13(7-9-14)15(10-19(21)22)18-16(20)23-11-12-4-2-1-3-5-12/h1-9,15H,10-11H2,(H,18,20)/t15-/m0/s1. The third-order valence-corrected chi connectivity index (χ3v) is 3.36. The number of hydrogen-bond donors (Lipinski definition) is 1. The van der Waals surface area contributed by atoms with Crippen molar-refractivity contribution in [1.29, 1.82) is 0 Å². The summed E-state index contributed by atoms with van der Waals surface area (Å²) in [5.74, 6) is 0. The van der Waals surface area contributed by atoms with Crippen molar-refractivity contribution >= 4 is 17.7 Å². The molecule has 0 bridgehead atoms. The molecule has 0 aliphatic rings.